The van der Waals surface area contributed by atoms with Crippen LogP contribution in [-0.4, -0.2) is 45.6 Å². The van der Waals surface area contributed by atoms with Gasteiger partial charge in [-0.1, -0.05) is 26.7 Å². The Hall–Kier alpha value is -0.383. The number of aliphatic hydroxyl groups is 1. The molecule has 0 aliphatic heterocycles. The topological polar surface area (TPSA) is 47.9 Å². The molecule has 0 fully saturated rings. The summed E-state index contributed by atoms with van der Waals surface area (Å²) in [6.07, 6.45) is -0.713. The van der Waals surface area contributed by atoms with Crippen LogP contribution in [0.15, 0.2) is 0 Å². The van der Waals surface area contributed by atoms with E-state index >= 15 is 0 Å². The largest absolute Gasteiger partial charge is 0.414 e. The van der Waals surface area contributed by atoms with Crippen molar-refractivity contribution in [3.8, 4) is 11.8 Å². The van der Waals surface area contributed by atoms with Gasteiger partial charge in [0.15, 0.2) is 8.32 Å². The third-order valence-corrected chi connectivity index (χ3v) is 8.14. The van der Waals surface area contributed by atoms with E-state index < -0.39 is 20.7 Å². The second-order valence-corrected chi connectivity index (χ2v) is 11.3. The Labute approximate surface area is 131 Å². The molecule has 0 aromatic heterocycles. The van der Waals surface area contributed by atoms with Crippen LogP contribution >= 0.6 is 0 Å². The van der Waals surface area contributed by atoms with Gasteiger partial charge in [-0.2, -0.15) is 0 Å². The predicted octanol–water partition coefficient (Wildman–Crippen LogP) is 3.16. The van der Waals surface area contributed by atoms with Gasteiger partial charge in [0.1, 0.15) is 0 Å². The molecule has 21 heavy (non-hydrogen) atoms. The van der Waals surface area contributed by atoms with Gasteiger partial charge in [-0.3, -0.25) is 0 Å². The average Bonchev–Trinajstić information content (AvgIpc) is 2.35. The Morgan fingerprint density at radius 2 is 1.62 bits per heavy atom. The van der Waals surface area contributed by atoms with Gasteiger partial charge in [-0.25, -0.2) is 0 Å². The van der Waals surface area contributed by atoms with E-state index in [9.17, 15) is 5.11 Å². The van der Waals surface area contributed by atoms with E-state index in [1.54, 1.807) is 0 Å². The minimum absolute atomic E-state index is 0.146. The molecule has 1 N–H and O–H groups in total. The fourth-order valence-corrected chi connectivity index (χ4v) is 2.32. The van der Waals surface area contributed by atoms with Gasteiger partial charge in [0.2, 0.25) is 6.29 Å². The first-order valence-electron chi connectivity index (χ1n) is 7.67. The molecule has 0 radical (unpaired) electrons. The average molecular weight is 317 g/mol. The second-order valence-electron chi connectivity index (χ2n) is 6.49. The van der Waals surface area contributed by atoms with Crippen LogP contribution < -0.4 is 0 Å². The summed E-state index contributed by atoms with van der Waals surface area (Å²) in [7, 11) is -1.81. The van der Waals surface area contributed by atoms with Crippen molar-refractivity contribution in [2.24, 2.45) is 0 Å². The smallest absolute Gasteiger partial charge is 0.222 e. The fraction of sp³-hybridized carbons (Fsp3) is 0.875. The molecule has 0 bridgehead atoms. The van der Waals surface area contributed by atoms with E-state index in [2.05, 4.69) is 45.7 Å². The Bertz CT molecular complexity index is 332. The zero-order chi connectivity index (χ0) is 16.5. The van der Waals surface area contributed by atoms with Crippen molar-refractivity contribution >= 4 is 8.32 Å². The summed E-state index contributed by atoms with van der Waals surface area (Å²) in [5.74, 6) is 5.80. The summed E-state index contributed by atoms with van der Waals surface area (Å²) in [5, 5.41) is 10.1. The molecule has 124 valence electrons. The number of aliphatic hydroxyl groups excluding tert-OH is 1. The number of rotatable bonds is 8. The van der Waals surface area contributed by atoms with Crippen molar-refractivity contribution in [3.63, 3.8) is 0 Å². The normalized spacial score (nSPS) is 14.0. The van der Waals surface area contributed by atoms with E-state index in [4.69, 9.17) is 13.9 Å². The third kappa shape index (κ3) is 8.59. The summed E-state index contributed by atoms with van der Waals surface area (Å²) >= 11 is 0. The van der Waals surface area contributed by atoms with E-state index in [1.807, 2.05) is 13.8 Å². The van der Waals surface area contributed by atoms with Crippen LogP contribution in [0.3, 0.4) is 0 Å². The molecule has 0 unspecified atom stereocenters. The van der Waals surface area contributed by atoms with Gasteiger partial charge in [0.05, 0.1) is 12.7 Å². The van der Waals surface area contributed by atoms with Crippen molar-refractivity contribution in [2.75, 3.05) is 19.8 Å². The fourth-order valence-electron chi connectivity index (χ4n) is 1.27. The van der Waals surface area contributed by atoms with Gasteiger partial charge in [-0.05, 0) is 37.9 Å². The highest BCUT2D eigenvalue weighted by atomic mass is 28.4. The summed E-state index contributed by atoms with van der Waals surface area (Å²) in [5.41, 5.74) is 0. The predicted molar refractivity (Wildman–Crippen MR) is 88.6 cm³/mol. The Balaban J connectivity index is 4.25. The van der Waals surface area contributed by atoms with Crippen LogP contribution in [0.1, 0.15) is 41.0 Å². The quantitative estimate of drug-likeness (QED) is 0.424. The van der Waals surface area contributed by atoms with Crippen molar-refractivity contribution in [2.45, 2.75) is 71.6 Å². The van der Waals surface area contributed by atoms with Gasteiger partial charge < -0.3 is 19.0 Å². The molecule has 0 aliphatic rings. The maximum Gasteiger partial charge on any atom is 0.222 e. The first-order chi connectivity index (χ1) is 9.64. The molecular weight excluding hydrogens is 284 g/mol. The molecule has 0 amide bonds. The minimum Gasteiger partial charge on any atom is -0.414 e. The number of ether oxygens (including phenoxy) is 2. The highest BCUT2D eigenvalue weighted by molar-refractivity contribution is 6.74. The molecule has 0 spiro atoms. The summed E-state index contributed by atoms with van der Waals surface area (Å²) < 4.78 is 16.6. The summed E-state index contributed by atoms with van der Waals surface area (Å²) in [6.45, 7) is 16.1. The number of hydrogen-bond acceptors (Lipinski definition) is 4. The minimum atomic E-state index is -1.81. The van der Waals surface area contributed by atoms with Crippen LogP contribution in [0.25, 0.3) is 0 Å². The molecule has 0 aliphatic carbocycles. The third-order valence-electron chi connectivity index (χ3n) is 3.64. The molecule has 1 atom stereocenters. The zero-order valence-corrected chi connectivity index (χ0v) is 15.7. The highest BCUT2D eigenvalue weighted by Gasteiger charge is 2.37. The second kappa shape index (κ2) is 9.60. The maximum absolute atomic E-state index is 9.96. The van der Waals surface area contributed by atoms with Gasteiger partial charge in [0.25, 0.3) is 0 Å². The van der Waals surface area contributed by atoms with Gasteiger partial charge >= 0.3 is 0 Å². The van der Waals surface area contributed by atoms with Crippen LogP contribution in [0.5, 0.6) is 0 Å². The monoisotopic (exact) mass is 316 g/mol. The maximum atomic E-state index is 9.96. The standard InChI is InChI=1S/C16H32O4Si/c1-8-18-15(19-9-2)12-10-11-14(17)13-20-21(6,7)16(3,4)5/h14-15,17H,8-9,11,13H2,1-7H3/t14-/m1/s1. The van der Waals surface area contributed by atoms with Gasteiger partial charge in [0, 0.05) is 19.6 Å². The lowest BCUT2D eigenvalue weighted by molar-refractivity contribution is -0.0970. The van der Waals surface area contributed by atoms with Crippen LogP contribution in [0, 0.1) is 11.8 Å². The van der Waals surface area contributed by atoms with Crippen molar-refractivity contribution in [3.05, 3.63) is 0 Å². The molecule has 0 saturated carbocycles. The van der Waals surface area contributed by atoms with Crippen molar-refractivity contribution < 1.29 is 19.0 Å². The number of hydrogen-bond donors (Lipinski definition) is 1. The lowest BCUT2D eigenvalue weighted by Gasteiger charge is -2.36. The van der Waals surface area contributed by atoms with E-state index in [1.165, 1.54) is 0 Å². The Morgan fingerprint density at radius 3 is 2.05 bits per heavy atom. The molecule has 4 nitrogen and oxygen atoms in total. The van der Waals surface area contributed by atoms with Gasteiger partial charge in [-0.15, -0.1) is 0 Å². The molecule has 0 aromatic rings. The van der Waals surface area contributed by atoms with Crippen LogP contribution in [0.2, 0.25) is 18.1 Å². The SMILES string of the molecule is CCOC(C#CC[C@@H](O)CO[Si](C)(C)C(C)(C)C)OCC. The Kier molecular flexibility index (Phi) is 9.42. The molecule has 0 rings (SSSR count). The van der Waals surface area contributed by atoms with E-state index in [0.29, 0.717) is 26.2 Å². The molecule has 0 heterocycles. The van der Waals surface area contributed by atoms with E-state index in [-0.39, 0.29) is 5.04 Å². The van der Waals surface area contributed by atoms with Crippen LogP contribution in [0.4, 0.5) is 0 Å². The highest BCUT2D eigenvalue weighted by Crippen LogP contribution is 2.36. The Morgan fingerprint density at radius 1 is 1.10 bits per heavy atom. The first-order valence-corrected chi connectivity index (χ1v) is 10.6. The molecule has 0 saturated heterocycles. The van der Waals surface area contributed by atoms with Crippen molar-refractivity contribution in [1.82, 2.24) is 0 Å². The lowest BCUT2D eigenvalue weighted by Crippen LogP contribution is -2.42. The molecule has 0 aromatic carbocycles. The van der Waals surface area contributed by atoms with E-state index in [0.717, 1.165) is 0 Å². The lowest BCUT2D eigenvalue weighted by atomic mass is 10.2. The first kappa shape index (κ1) is 20.6. The molecular formula is C16H32O4Si. The summed E-state index contributed by atoms with van der Waals surface area (Å²) in [4.78, 5) is 0. The van der Waals surface area contributed by atoms with Crippen molar-refractivity contribution in [1.29, 1.82) is 0 Å². The summed E-state index contributed by atoms with van der Waals surface area (Å²) in [6, 6.07) is 0. The molecule has 5 heteroatoms. The van der Waals surface area contributed by atoms with Crippen LogP contribution in [-0.2, 0) is 13.9 Å². The zero-order valence-electron chi connectivity index (χ0n) is 14.7.